The zero-order chi connectivity index (χ0) is 6.57. The van der Waals surface area contributed by atoms with Gasteiger partial charge in [0.15, 0.2) is 0 Å². The number of carboxylic acids is 1. The Morgan fingerprint density at radius 2 is 2.50 bits per heavy atom. The lowest BCUT2D eigenvalue weighted by Gasteiger charge is -1.87. The van der Waals surface area contributed by atoms with Gasteiger partial charge >= 0.3 is 5.97 Å². The fourth-order valence-electron chi connectivity index (χ4n) is 0.0947. The number of hydrogen-bond donors (Lipinski definition) is 1. The van der Waals surface area contributed by atoms with Crippen molar-refractivity contribution in [1.82, 2.24) is 0 Å². The molecule has 0 saturated heterocycles. The van der Waals surface area contributed by atoms with Crippen molar-refractivity contribution in [1.29, 1.82) is 0 Å². The molecule has 44 valence electrons. The number of carboxylic acid groups (broad SMARTS) is 1. The second-order valence-electron chi connectivity index (χ2n) is 0.879. The predicted octanol–water partition coefficient (Wildman–Crippen LogP) is 0.946. The number of alkyl halides is 1. The first-order valence-corrected chi connectivity index (χ1v) is 2.03. The molecular weight excluding hydrogens is 133 g/mol. The van der Waals surface area contributed by atoms with Crippen LogP contribution in [0.2, 0.25) is 0 Å². The summed E-state index contributed by atoms with van der Waals surface area (Å²) in [4.78, 5) is 11.9. The van der Waals surface area contributed by atoms with Gasteiger partial charge in [0.1, 0.15) is 0 Å². The SMILES string of the molecule is [N-]=[N+]=NC(Cl)C(=O)O. The van der Waals surface area contributed by atoms with Gasteiger partial charge in [0.05, 0.1) is 0 Å². The summed E-state index contributed by atoms with van der Waals surface area (Å²) in [6.07, 6.45) is 0. The van der Waals surface area contributed by atoms with Gasteiger partial charge in [-0.2, -0.15) is 0 Å². The highest BCUT2D eigenvalue weighted by atomic mass is 35.5. The fraction of sp³-hybridized carbons (Fsp3) is 0.500. The van der Waals surface area contributed by atoms with Gasteiger partial charge in [0, 0.05) is 4.91 Å². The van der Waals surface area contributed by atoms with Gasteiger partial charge in [0.2, 0.25) is 5.50 Å². The lowest BCUT2D eigenvalue weighted by Crippen LogP contribution is -2.08. The van der Waals surface area contributed by atoms with Crippen molar-refractivity contribution in [2.24, 2.45) is 5.11 Å². The first kappa shape index (κ1) is 7.07. The maximum Gasteiger partial charge on any atom is 0.327 e. The van der Waals surface area contributed by atoms with Crippen LogP contribution in [0.1, 0.15) is 0 Å². The van der Waals surface area contributed by atoms with Gasteiger partial charge in [0.25, 0.3) is 0 Å². The zero-order valence-corrected chi connectivity index (χ0v) is 4.41. The maximum absolute atomic E-state index is 9.69. The van der Waals surface area contributed by atoms with Crippen LogP contribution < -0.4 is 0 Å². The van der Waals surface area contributed by atoms with Crippen LogP contribution in [0, 0.1) is 0 Å². The second-order valence-corrected chi connectivity index (χ2v) is 1.29. The van der Waals surface area contributed by atoms with Gasteiger partial charge in [-0.1, -0.05) is 5.11 Å². The molecule has 0 bridgehead atoms. The third kappa shape index (κ3) is 2.28. The Morgan fingerprint density at radius 1 is 2.00 bits per heavy atom. The van der Waals surface area contributed by atoms with Crippen molar-refractivity contribution in [2.45, 2.75) is 5.50 Å². The van der Waals surface area contributed by atoms with Crippen molar-refractivity contribution >= 4 is 17.6 Å². The molecule has 8 heavy (non-hydrogen) atoms. The molecule has 1 N–H and O–H groups in total. The molecule has 6 heteroatoms. The summed E-state index contributed by atoms with van der Waals surface area (Å²) < 4.78 is 0. The highest BCUT2D eigenvalue weighted by Gasteiger charge is 2.08. The van der Waals surface area contributed by atoms with Gasteiger partial charge in [-0.15, -0.1) is 11.6 Å². The molecule has 0 heterocycles. The van der Waals surface area contributed by atoms with E-state index < -0.39 is 11.5 Å². The molecule has 0 aliphatic rings. The number of rotatable bonds is 2. The van der Waals surface area contributed by atoms with E-state index in [4.69, 9.17) is 22.2 Å². The van der Waals surface area contributed by atoms with E-state index in [1.807, 2.05) is 0 Å². The van der Waals surface area contributed by atoms with Gasteiger partial charge in [-0.3, -0.25) is 4.79 Å². The number of aliphatic carboxylic acids is 1. The van der Waals surface area contributed by atoms with Crippen LogP contribution in [0.25, 0.3) is 10.4 Å². The molecular formula is C2H2ClN3O2. The molecule has 1 unspecified atom stereocenters. The summed E-state index contributed by atoms with van der Waals surface area (Å²) >= 11 is 4.90. The number of halogens is 1. The normalized spacial score (nSPS) is 11.6. The van der Waals surface area contributed by atoms with E-state index in [1.54, 1.807) is 0 Å². The quantitative estimate of drug-likeness (QED) is 0.201. The number of carbonyl (C=O) groups is 1. The average Bonchev–Trinajstić information content (AvgIpc) is 1.67. The summed E-state index contributed by atoms with van der Waals surface area (Å²) in [5, 5.41) is 10.6. The summed E-state index contributed by atoms with van der Waals surface area (Å²) in [6, 6.07) is 0. The van der Waals surface area contributed by atoms with Gasteiger partial charge < -0.3 is 5.11 Å². The molecule has 5 nitrogen and oxygen atoms in total. The third-order valence-electron chi connectivity index (χ3n) is 0.357. The molecule has 0 aliphatic heterocycles. The van der Waals surface area contributed by atoms with E-state index in [1.165, 1.54) is 0 Å². The number of hydrogen-bond acceptors (Lipinski definition) is 2. The molecule has 0 spiro atoms. The van der Waals surface area contributed by atoms with E-state index in [0.717, 1.165) is 0 Å². The van der Waals surface area contributed by atoms with Crippen LogP contribution in [-0.4, -0.2) is 16.6 Å². The molecule has 0 aromatic heterocycles. The minimum Gasteiger partial charge on any atom is -0.480 e. The summed E-state index contributed by atoms with van der Waals surface area (Å²) in [6.45, 7) is 0. The number of azide groups is 1. The first-order chi connectivity index (χ1) is 3.68. The molecule has 0 radical (unpaired) electrons. The smallest absolute Gasteiger partial charge is 0.327 e. The first-order valence-electron chi connectivity index (χ1n) is 1.59. The Labute approximate surface area is 49.5 Å². The van der Waals surface area contributed by atoms with E-state index in [2.05, 4.69) is 10.0 Å². The monoisotopic (exact) mass is 135 g/mol. The van der Waals surface area contributed by atoms with Crippen LogP contribution in [-0.2, 0) is 4.79 Å². The van der Waals surface area contributed by atoms with E-state index in [0.29, 0.717) is 0 Å². The average molecular weight is 136 g/mol. The van der Waals surface area contributed by atoms with Crippen molar-refractivity contribution in [3.8, 4) is 0 Å². The molecule has 0 saturated carbocycles. The lowest BCUT2D eigenvalue weighted by atomic mass is 10.7. The molecule has 0 aromatic rings. The summed E-state index contributed by atoms with van der Waals surface area (Å²) in [5.74, 6) is -1.34. The van der Waals surface area contributed by atoms with Crippen LogP contribution >= 0.6 is 11.6 Å². The van der Waals surface area contributed by atoms with Crippen molar-refractivity contribution in [3.05, 3.63) is 10.4 Å². The van der Waals surface area contributed by atoms with E-state index in [-0.39, 0.29) is 0 Å². The minimum atomic E-state index is -1.49. The Hall–Kier alpha value is -0.930. The lowest BCUT2D eigenvalue weighted by molar-refractivity contribution is -0.136. The van der Waals surface area contributed by atoms with Crippen LogP contribution in [0.4, 0.5) is 0 Å². The Bertz CT molecular complexity index is 138. The fourth-order valence-corrected chi connectivity index (χ4v) is 0.134. The summed E-state index contributed by atoms with van der Waals surface area (Å²) in [7, 11) is 0. The largest absolute Gasteiger partial charge is 0.480 e. The van der Waals surface area contributed by atoms with Crippen molar-refractivity contribution in [3.63, 3.8) is 0 Å². The van der Waals surface area contributed by atoms with Crippen LogP contribution in [0.15, 0.2) is 5.11 Å². The van der Waals surface area contributed by atoms with E-state index >= 15 is 0 Å². The topological polar surface area (TPSA) is 86.1 Å². The minimum absolute atomic E-state index is 1.34. The second kappa shape index (κ2) is 3.12. The molecule has 0 fully saturated rings. The third-order valence-corrected chi connectivity index (χ3v) is 0.631. The maximum atomic E-state index is 9.69. The Morgan fingerprint density at radius 3 is 2.62 bits per heavy atom. The molecule has 1 atom stereocenters. The van der Waals surface area contributed by atoms with Crippen LogP contribution in [0.5, 0.6) is 0 Å². The Balaban J connectivity index is 3.82. The molecule has 0 amide bonds. The molecule has 0 aromatic carbocycles. The highest BCUT2D eigenvalue weighted by molar-refractivity contribution is 6.29. The predicted molar refractivity (Wildman–Crippen MR) is 26.4 cm³/mol. The van der Waals surface area contributed by atoms with Crippen molar-refractivity contribution < 1.29 is 9.90 Å². The molecule has 0 aliphatic carbocycles. The number of nitrogens with zero attached hydrogens (tertiary/aromatic N) is 3. The highest BCUT2D eigenvalue weighted by Crippen LogP contribution is 1.95. The summed E-state index contributed by atoms with van der Waals surface area (Å²) in [5.41, 5.74) is 6.11. The zero-order valence-electron chi connectivity index (χ0n) is 3.65. The standard InChI is InChI=1S/C2H2ClN3O2/c3-1(2(7)8)5-6-4/h1H,(H,7,8). The van der Waals surface area contributed by atoms with Gasteiger partial charge in [-0.25, -0.2) is 0 Å². The van der Waals surface area contributed by atoms with Gasteiger partial charge in [-0.05, 0) is 5.53 Å². The Kier molecular flexibility index (Phi) is 2.76. The van der Waals surface area contributed by atoms with E-state index in [9.17, 15) is 4.79 Å². The van der Waals surface area contributed by atoms with Crippen LogP contribution in [0.3, 0.4) is 0 Å². The molecule has 0 rings (SSSR count). The van der Waals surface area contributed by atoms with Crippen molar-refractivity contribution in [2.75, 3.05) is 0 Å².